The van der Waals surface area contributed by atoms with Crippen molar-refractivity contribution < 1.29 is 9.59 Å². The summed E-state index contributed by atoms with van der Waals surface area (Å²) in [6, 6.07) is 0. The van der Waals surface area contributed by atoms with E-state index in [1.165, 1.54) is 4.90 Å². The molecule has 1 rings (SSSR count). The van der Waals surface area contributed by atoms with Crippen LogP contribution in [0.2, 0.25) is 0 Å². The summed E-state index contributed by atoms with van der Waals surface area (Å²) >= 11 is 0. The average Bonchev–Trinajstić information content (AvgIpc) is 1.96. The van der Waals surface area contributed by atoms with Gasteiger partial charge in [0.25, 0.3) is 0 Å². The predicted octanol–water partition coefficient (Wildman–Crippen LogP) is -0.421. The maximum Gasteiger partial charge on any atom is 0.240 e. The molecule has 1 heterocycles. The van der Waals surface area contributed by atoms with E-state index in [9.17, 15) is 9.59 Å². The summed E-state index contributed by atoms with van der Waals surface area (Å²) < 4.78 is 0. The first-order chi connectivity index (χ1) is 7.29. The molecule has 0 aliphatic carbocycles. The fraction of sp³-hybridized carbons (Fsp3) is 0.818. The third kappa shape index (κ3) is 3.81. The van der Waals surface area contributed by atoms with Crippen LogP contribution in [0.3, 0.4) is 0 Å². The number of carbonyl (C=O) groups excluding carboxylic acids is 2. The number of rotatable bonds is 3. The highest BCUT2D eigenvalue weighted by Crippen LogP contribution is 2.06. The number of hydrogen-bond donors (Lipinski definition) is 2. The molecule has 0 aromatic heterocycles. The van der Waals surface area contributed by atoms with E-state index in [2.05, 4.69) is 10.6 Å². The number of likely N-dealkylation sites (N-methyl/N-ethyl adjacent to an activating group) is 1. The summed E-state index contributed by atoms with van der Waals surface area (Å²) in [6.45, 7) is 7.34. The molecule has 0 aromatic carbocycles. The van der Waals surface area contributed by atoms with Crippen molar-refractivity contribution >= 4 is 11.8 Å². The molecule has 0 unspecified atom stereocenters. The Hall–Kier alpha value is -1.10. The molecule has 1 aliphatic heterocycles. The van der Waals surface area contributed by atoms with Crippen LogP contribution in [0.25, 0.3) is 0 Å². The highest BCUT2D eigenvalue weighted by Gasteiger charge is 2.28. The van der Waals surface area contributed by atoms with Gasteiger partial charge in [-0.1, -0.05) is 0 Å². The molecule has 0 bridgehead atoms. The number of nitrogens with zero attached hydrogens (tertiary/aromatic N) is 1. The fourth-order valence-corrected chi connectivity index (χ4v) is 1.53. The maximum atomic E-state index is 11.7. The van der Waals surface area contributed by atoms with Crippen LogP contribution >= 0.6 is 0 Å². The van der Waals surface area contributed by atoms with E-state index in [4.69, 9.17) is 0 Å². The largest absolute Gasteiger partial charge is 0.350 e. The first-order valence-electron chi connectivity index (χ1n) is 5.56. The lowest BCUT2D eigenvalue weighted by molar-refractivity contribution is -0.139. The number of nitrogens with one attached hydrogen (secondary N) is 2. The van der Waals surface area contributed by atoms with Gasteiger partial charge in [-0.05, 0) is 20.8 Å². The molecular formula is C11H21N3O2. The van der Waals surface area contributed by atoms with Crippen LogP contribution in [0.1, 0.15) is 20.8 Å². The van der Waals surface area contributed by atoms with Gasteiger partial charge in [0.05, 0.1) is 12.5 Å². The van der Waals surface area contributed by atoms with Gasteiger partial charge >= 0.3 is 0 Å². The van der Waals surface area contributed by atoms with Crippen LogP contribution in [-0.2, 0) is 9.59 Å². The topological polar surface area (TPSA) is 61.4 Å². The first-order valence-corrected chi connectivity index (χ1v) is 5.56. The van der Waals surface area contributed by atoms with E-state index in [0.29, 0.717) is 0 Å². The molecule has 0 radical (unpaired) electrons. The van der Waals surface area contributed by atoms with Gasteiger partial charge in [-0.15, -0.1) is 0 Å². The van der Waals surface area contributed by atoms with Crippen LogP contribution in [0.4, 0.5) is 0 Å². The Bertz CT molecular complexity index is 279. The van der Waals surface area contributed by atoms with Gasteiger partial charge in [-0.2, -0.15) is 0 Å². The van der Waals surface area contributed by atoms with Gasteiger partial charge in [-0.25, -0.2) is 0 Å². The molecule has 0 saturated carbocycles. The van der Waals surface area contributed by atoms with Gasteiger partial charge in [0.15, 0.2) is 0 Å². The smallest absolute Gasteiger partial charge is 0.240 e. The lowest BCUT2D eigenvalue weighted by Crippen LogP contribution is -2.53. The van der Waals surface area contributed by atoms with Crippen LogP contribution in [0.5, 0.6) is 0 Å². The van der Waals surface area contributed by atoms with E-state index in [0.717, 1.165) is 13.1 Å². The Kier molecular flexibility index (Phi) is 3.91. The molecule has 5 nitrogen and oxygen atoms in total. The van der Waals surface area contributed by atoms with Gasteiger partial charge < -0.3 is 15.5 Å². The Balaban J connectivity index is 2.35. The number of carbonyl (C=O) groups is 2. The summed E-state index contributed by atoms with van der Waals surface area (Å²) in [5.74, 6) is -0.0223. The molecule has 2 N–H and O–H groups in total. The lowest BCUT2D eigenvalue weighted by Gasteiger charge is -2.30. The monoisotopic (exact) mass is 227 g/mol. The second-order valence-electron chi connectivity index (χ2n) is 5.35. The fourth-order valence-electron chi connectivity index (χ4n) is 1.53. The Labute approximate surface area is 96.6 Å². The maximum absolute atomic E-state index is 11.7. The van der Waals surface area contributed by atoms with Crippen molar-refractivity contribution in [2.24, 2.45) is 5.92 Å². The van der Waals surface area contributed by atoms with Crippen molar-refractivity contribution in [2.45, 2.75) is 26.3 Å². The van der Waals surface area contributed by atoms with E-state index in [1.54, 1.807) is 7.05 Å². The first kappa shape index (κ1) is 13.0. The Morgan fingerprint density at radius 2 is 1.94 bits per heavy atom. The normalized spacial score (nSPS) is 16.5. The number of hydrogen-bond acceptors (Lipinski definition) is 3. The van der Waals surface area contributed by atoms with Crippen molar-refractivity contribution in [3.63, 3.8) is 0 Å². The molecule has 1 saturated heterocycles. The molecular weight excluding hydrogens is 206 g/mol. The van der Waals surface area contributed by atoms with Crippen LogP contribution in [0.15, 0.2) is 0 Å². The highest BCUT2D eigenvalue weighted by molar-refractivity contribution is 5.86. The zero-order valence-electron chi connectivity index (χ0n) is 10.5. The molecule has 2 amide bonds. The van der Waals surface area contributed by atoms with E-state index in [1.807, 2.05) is 20.8 Å². The zero-order chi connectivity index (χ0) is 12.3. The minimum absolute atomic E-state index is 0.0443. The Morgan fingerprint density at radius 1 is 1.38 bits per heavy atom. The molecule has 0 spiro atoms. The third-order valence-corrected chi connectivity index (χ3v) is 2.40. The minimum Gasteiger partial charge on any atom is -0.350 e. The summed E-state index contributed by atoms with van der Waals surface area (Å²) in [7, 11) is 1.67. The van der Waals surface area contributed by atoms with E-state index in [-0.39, 0.29) is 29.8 Å². The second-order valence-corrected chi connectivity index (χ2v) is 5.35. The minimum atomic E-state index is -0.251. The van der Waals surface area contributed by atoms with Crippen molar-refractivity contribution in [2.75, 3.05) is 26.7 Å². The summed E-state index contributed by atoms with van der Waals surface area (Å²) in [5, 5.41) is 5.87. The molecule has 1 fully saturated rings. The molecule has 1 aliphatic rings. The summed E-state index contributed by atoms with van der Waals surface area (Å²) in [5.41, 5.74) is -0.251. The van der Waals surface area contributed by atoms with Crippen molar-refractivity contribution in [1.82, 2.24) is 15.5 Å². The predicted molar refractivity (Wildman–Crippen MR) is 61.9 cm³/mol. The molecule has 0 atom stereocenters. The summed E-state index contributed by atoms with van der Waals surface area (Å²) in [4.78, 5) is 24.8. The van der Waals surface area contributed by atoms with Crippen LogP contribution in [0, 0.1) is 5.92 Å². The zero-order valence-corrected chi connectivity index (χ0v) is 10.5. The van der Waals surface area contributed by atoms with Crippen molar-refractivity contribution in [1.29, 1.82) is 0 Å². The quantitative estimate of drug-likeness (QED) is 0.688. The SMILES string of the molecule is CN(CC(=O)NC(C)(C)C)C(=O)C1CNC1. The van der Waals surface area contributed by atoms with Crippen LogP contribution < -0.4 is 10.6 Å². The molecule has 16 heavy (non-hydrogen) atoms. The average molecular weight is 227 g/mol. The Morgan fingerprint density at radius 3 is 2.31 bits per heavy atom. The van der Waals surface area contributed by atoms with Crippen molar-refractivity contribution in [3.05, 3.63) is 0 Å². The van der Waals surface area contributed by atoms with Gasteiger partial charge in [0.2, 0.25) is 11.8 Å². The molecule has 92 valence electrons. The van der Waals surface area contributed by atoms with E-state index < -0.39 is 0 Å². The lowest BCUT2D eigenvalue weighted by atomic mass is 10.0. The van der Waals surface area contributed by atoms with Gasteiger partial charge in [0, 0.05) is 25.7 Å². The van der Waals surface area contributed by atoms with E-state index >= 15 is 0 Å². The third-order valence-electron chi connectivity index (χ3n) is 2.40. The van der Waals surface area contributed by atoms with Gasteiger partial charge in [0.1, 0.15) is 0 Å². The van der Waals surface area contributed by atoms with Crippen LogP contribution in [-0.4, -0.2) is 48.9 Å². The van der Waals surface area contributed by atoms with Crippen molar-refractivity contribution in [3.8, 4) is 0 Å². The summed E-state index contributed by atoms with van der Waals surface area (Å²) in [6.07, 6.45) is 0. The standard InChI is InChI=1S/C11H21N3O2/c1-11(2,3)13-9(15)7-14(4)10(16)8-5-12-6-8/h8,12H,5-7H2,1-4H3,(H,13,15). The van der Waals surface area contributed by atoms with Gasteiger partial charge in [-0.3, -0.25) is 9.59 Å². The highest BCUT2D eigenvalue weighted by atomic mass is 16.2. The number of amides is 2. The molecule has 5 heteroatoms. The second kappa shape index (κ2) is 4.82. The molecule has 0 aromatic rings.